The first kappa shape index (κ1) is 14.3. The SMILES string of the molecule is CCC(Nc1c(Cl)ccc2scnc12)c1cccc(F)c1. The molecule has 1 N–H and O–H groups in total. The first-order chi connectivity index (χ1) is 10.2. The number of hydrogen-bond donors (Lipinski definition) is 1. The van der Waals surface area contributed by atoms with Gasteiger partial charge in [0.25, 0.3) is 0 Å². The van der Waals surface area contributed by atoms with E-state index < -0.39 is 0 Å². The Morgan fingerprint density at radius 3 is 2.95 bits per heavy atom. The molecular weight excluding hydrogens is 307 g/mol. The van der Waals surface area contributed by atoms with Gasteiger partial charge in [-0.15, -0.1) is 11.3 Å². The number of aromatic nitrogens is 1. The van der Waals surface area contributed by atoms with E-state index in [9.17, 15) is 4.39 Å². The second-order valence-electron chi connectivity index (χ2n) is 4.78. The molecular formula is C16H14ClFN2S. The summed E-state index contributed by atoms with van der Waals surface area (Å²) < 4.78 is 14.5. The molecule has 0 aliphatic heterocycles. The maximum atomic E-state index is 13.4. The Bertz CT molecular complexity index is 772. The molecule has 0 saturated carbocycles. The van der Waals surface area contributed by atoms with Crippen LogP contribution in [0.25, 0.3) is 10.2 Å². The lowest BCUT2D eigenvalue weighted by Gasteiger charge is -2.20. The molecule has 3 aromatic rings. The van der Waals surface area contributed by atoms with Gasteiger partial charge in [0.1, 0.15) is 11.3 Å². The minimum atomic E-state index is -0.231. The maximum Gasteiger partial charge on any atom is 0.123 e. The number of fused-ring (bicyclic) bond motifs is 1. The monoisotopic (exact) mass is 320 g/mol. The summed E-state index contributed by atoms with van der Waals surface area (Å²) in [7, 11) is 0. The number of rotatable bonds is 4. The Hall–Kier alpha value is -1.65. The Balaban J connectivity index is 1.99. The molecule has 0 aliphatic carbocycles. The van der Waals surface area contributed by atoms with Crippen LogP contribution in [0.3, 0.4) is 0 Å². The summed E-state index contributed by atoms with van der Waals surface area (Å²) in [5.41, 5.74) is 4.38. The van der Waals surface area contributed by atoms with E-state index in [-0.39, 0.29) is 11.9 Å². The summed E-state index contributed by atoms with van der Waals surface area (Å²) >= 11 is 7.88. The van der Waals surface area contributed by atoms with Gasteiger partial charge in [0.2, 0.25) is 0 Å². The minimum Gasteiger partial charge on any atom is -0.375 e. The molecule has 1 aromatic heterocycles. The molecule has 108 valence electrons. The van der Waals surface area contributed by atoms with Gasteiger partial charge in [0.05, 0.1) is 27.0 Å². The standard InChI is InChI=1S/C16H14ClFN2S/c1-2-13(10-4-3-5-11(18)8-10)20-15-12(17)6-7-14-16(15)19-9-21-14/h3-9,13,20H,2H2,1H3. The van der Waals surface area contributed by atoms with E-state index in [2.05, 4.69) is 17.2 Å². The molecule has 1 atom stereocenters. The van der Waals surface area contributed by atoms with Crippen LogP contribution in [0.4, 0.5) is 10.1 Å². The summed E-state index contributed by atoms with van der Waals surface area (Å²) in [4.78, 5) is 4.38. The lowest BCUT2D eigenvalue weighted by atomic mass is 10.0. The van der Waals surface area contributed by atoms with Crippen LogP contribution in [0.15, 0.2) is 41.9 Å². The molecule has 0 radical (unpaired) electrons. The number of thiazole rings is 1. The second-order valence-corrected chi connectivity index (χ2v) is 6.08. The molecule has 3 rings (SSSR count). The Labute approximate surface area is 131 Å². The number of hydrogen-bond acceptors (Lipinski definition) is 3. The van der Waals surface area contributed by atoms with E-state index in [0.717, 1.165) is 27.9 Å². The second kappa shape index (κ2) is 6.00. The van der Waals surface area contributed by atoms with Gasteiger partial charge in [-0.25, -0.2) is 9.37 Å². The zero-order chi connectivity index (χ0) is 14.8. The van der Waals surface area contributed by atoms with Crippen molar-refractivity contribution in [3.05, 3.63) is 58.3 Å². The van der Waals surface area contributed by atoms with Crippen LogP contribution < -0.4 is 5.32 Å². The third-order valence-corrected chi connectivity index (χ3v) is 4.54. The third kappa shape index (κ3) is 2.87. The van der Waals surface area contributed by atoms with Gasteiger partial charge in [-0.3, -0.25) is 0 Å². The van der Waals surface area contributed by atoms with Crippen molar-refractivity contribution in [1.29, 1.82) is 0 Å². The molecule has 0 aliphatic rings. The zero-order valence-corrected chi connectivity index (χ0v) is 13.0. The van der Waals surface area contributed by atoms with Gasteiger partial charge >= 0.3 is 0 Å². The van der Waals surface area contributed by atoms with Crippen molar-refractivity contribution < 1.29 is 4.39 Å². The molecule has 0 saturated heterocycles. The van der Waals surface area contributed by atoms with Crippen molar-refractivity contribution in [3.63, 3.8) is 0 Å². The van der Waals surface area contributed by atoms with Crippen LogP contribution >= 0.6 is 22.9 Å². The summed E-state index contributed by atoms with van der Waals surface area (Å²) in [6, 6.07) is 10.5. The normalized spacial score (nSPS) is 12.5. The molecule has 2 aromatic carbocycles. The van der Waals surface area contributed by atoms with E-state index >= 15 is 0 Å². The third-order valence-electron chi connectivity index (χ3n) is 3.43. The van der Waals surface area contributed by atoms with Crippen LogP contribution in [0.1, 0.15) is 24.9 Å². The van der Waals surface area contributed by atoms with E-state index in [1.165, 1.54) is 6.07 Å². The highest BCUT2D eigenvalue weighted by Gasteiger charge is 2.15. The Morgan fingerprint density at radius 1 is 1.33 bits per heavy atom. The van der Waals surface area contributed by atoms with Gasteiger partial charge in [-0.2, -0.15) is 0 Å². The Kier molecular flexibility index (Phi) is 4.08. The van der Waals surface area contributed by atoms with Crippen LogP contribution in [0.5, 0.6) is 0 Å². The molecule has 0 bridgehead atoms. The number of halogens is 2. The first-order valence-corrected chi connectivity index (χ1v) is 7.98. The Morgan fingerprint density at radius 2 is 2.19 bits per heavy atom. The van der Waals surface area contributed by atoms with Gasteiger partial charge < -0.3 is 5.32 Å². The minimum absolute atomic E-state index is 0.00880. The highest BCUT2D eigenvalue weighted by molar-refractivity contribution is 7.16. The molecule has 1 heterocycles. The quantitative estimate of drug-likeness (QED) is 0.671. The fraction of sp³-hybridized carbons (Fsp3) is 0.188. The maximum absolute atomic E-state index is 13.4. The molecule has 0 fully saturated rings. The van der Waals surface area contributed by atoms with Crippen LogP contribution in [0.2, 0.25) is 5.02 Å². The highest BCUT2D eigenvalue weighted by atomic mass is 35.5. The lowest BCUT2D eigenvalue weighted by molar-refractivity contribution is 0.621. The van der Waals surface area contributed by atoms with Gasteiger partial charge in [0.15, 0.2) is 0 Å². The number of anilines is 1. The van der Waals surface area contributed by atoms with Crippen molar-refractivity contribution in [2.45, 2.75) is 19.4 Å². The van der Waals surface area contributed by atoms with Crippen molar-refractivity contribution in [3.8, 4) is 0 Å². The van der Waals surface area contributed by atoms with E-state index in [0.29, 0.717) is 5.02 Å². The van der Waals surface area contributed by atoms with Crippen molar-refractivity contribution >= 4 is 38.8 Å². The van der Waals surface area contributed by atoms with Crippen LogP contribution in [-0.2, 0) is 0 Å². The van der Waals surface area contributed by atoms with Gasteiger partial charge in [0, 0.05) is 0 Å². The van der Waals surface area contributed by atoms with E-state index in [4.69, 9.17) is 11.6 Å². The zero-order valence-electron chi connectivity index (χ0n) is 11.4. The number of nitrogens with zero attached hydrogens (tertiary/aromatic N) is 1. The van der Waals surface area contributed by atoms with Gasteiger partial charge in [-0.1, -0.05) is 30.7 Å². The first-order valence-electron chi connectivity index (χ1n) is 6.72. The summed E-state index contributed by atoms with van der Waals surface area (Å²) in [6.45, 7) is 2.05. The van der Waals surface area contributed by atoms with Crippen molar-refractivity contribution in [2.75, 3.05) is 5.32 Å². The fourth-order valence-electron chi connectivity index (χ4n) is 2.36. The predicted molar refractivity (Wildman–Crippen MR) is 87.7 cm³/mol. The molecule has 21 heavy (non-hydrogen) atoms. The van der Waals surface area contributed by atoms with Crippen LogP contribution in [0, 0.1) is 5.82 Å². The molecule has 0 spiro atoms. The highest BCUT2D eigenvalue weighted by Crippen LogP contribution is 2.35. The molecule has 1 unspecified atom stereocenters. The number of nitrogens with one attached hydrogen (secondary N) is 1. The van der Waals surface area contributed by atoms with Crippen molar-refractivity contribution in [2.24, 2.45) is 0 Å². The van der Waals surface area contributed by atoms with Crippen LogP contribution in [-0.4, -0.2) is 4.98 Å². The molecule has 5 heteroatoms. The van der Waals surface area contributed by atoms with Gasteiger partial charge in [-0.05, 0) is 36.2 Å². The average molecular weight is 321 g/mol. The van der Waals surface area contributed by atoms with E-state index in [1.54, 1.807) is 29.0 Å². The predicted octanol–water partition coefficient (Wildman–Crippen LogP) is 5.65. The lowest BCUT2D eigenvalue weighted by Crippen LogP contribution is -2.10. The largest absolute Gasteiger partial charge is 0.375 e. The molecule has 2 nitrogen and oxygen atoms in total. The summed E-state index contributed by atoms with van der Waals surface area (Å²) in [5.74, 6) is -0.231. The topological polar surface area (TPSA) is 24.9 Å². The summed E-state index contributed by atoms with van der Waals surface area (Å²) in [6.07, 6.45) is 0.820. The number of benzene rings is 2. The summed E-state index contributed by atoms with van der Waals surface area (Å²) in [5, 5.41) is 4.04. The fourth-order valence-corrected chi connectivity index (χ4v) is 3.25. The smallest absolute Gasteiger partial charge is 0.123 e. The van der Waals surface area contributed by atoms with Crippen molar-refractivity contribution in [1.82, 2.24) is 4.98 Å². The van der Waals surface area contributed by atoms with E-state index in [1.807, 2.05) is 18.2 Å². The average Bonchev–Trinajstić information content (AvgIpc) is 2.95. The molecule has 0 amide bonds.